The molecule has 2 amide bonds. The summed E-state index contributed by atoms with van der Waals surface area (Å²) in [4.78, 5) is 27.6. The lowest BCUT2D eigenvalue weighted by molar-refractivity contribution is -0.132. The molecular formula is C23H24N2O3S. The third-order valence-electron chi connectivity index (χ3n) is 4.53. The molecule has 3 aromatic rings. The molecule has 0 atom stereocenters. The molecule has 0 unspecified atom stereocenters. The van der Waals surface area contributed by atoms with E-state index in [0.29, 0.717) is 24.4 Å². The predicted molar refractivity (Wildman–Crippen MR) is 115 cm³/mol. The number of aryl methyl sites for hydroxylation is 1. The summed E-state index contributed by atoms with van der Waals surface area (Å²) >= 11 is 1.64. The molecule has 0 saturated heterocycles. The van der Waals surface area contributed by atoms with Crippen molar-refractivity contribution in [1.82, 2.24) is 10.2 Å². The summed E-state index contributed by atoms with van der Waals surface area (Å²) in [5.74, 6) is 0.194. The topological polar surface area (TPSA) is 58.6 Å². The van der Waals surface area contributed by atoms with Crippen molar-refractivity contribution >= 4 is 23.2 Å². The van der Waals surface area contributed by atoms with Crippen LogP contribution in [0.2, 0.25) is 0 Å². The Morgan fingerprint density at radius 1 is 1.07 bits per heavy atom. The average Bonchev–Trinajstić information content (AvgIpc) is 3.15. The van der Waals surface area contributed by atoms with Crippen LogP contribution < -0.4 is 10.1 Å². The zero-order valence-corrected chi connectivity index (χ0v) is 17.4. The third-order valence-corrected chi connectivity index (χ3v) is 5.54. The van der Waals surface area contributed by atoms with Gasteiger partial charge in [0.15, 0.2) is 6.61 Å². The first-order chi connectivity index (χ1) is 14.0. The first-order valence-corrected chi connectivity index (χ1v) is 10.2. The van der Waals surface area contributed by atoms with Gasteiger partial charge >= 0.3 is 0 Å². The SMILES string of the molecule is Cc1ccsc1CN(C)C(=O)COc1cccc(C(=O)NCc2ccccc2)c1. The Morgan fingerprint density at radius 2 is 1.86 bits per heavy atom. The monoisotopic (exact) mass is 408 g/mol. The molecule has 29 heavy (non-hydrogen) atoms. The van der Waals surface area contributed by atoms with E-state index in [1.165, 1.54) is 5.56 Å². The van der Waals surface area contributed by atoms with Crippen LogP contribution in [0.5, 0.6) is 5.75 Å². The summed E-state index contributed by atoms with van der Waals surface area (Å²) < 4.78 is 5.62. The van der Waals surface area contributed by atoms with Crippen molar-refractivity contribution in [2.45, 2.75) is 20.0 Å². The molecule has 1 heterocycles. The molecule has 0 spiro atoms. The lowest BCUT2D eigenvalue weighted by atomic mass is 10.2. The molecular weight excluding hydrogens is 384 g/mol. The zero-order chi connectivity index (χ0) is 20.6. The minimum absolute atomic E-state index is 0.0734. The van der Waals surface area contributed by atoms with E-state index in [1.54, 1.807) is 47.5 Å². The van der Waals surface area contributed by atoms with Gasteiger partial charge in [-0.15, -0.1) is 11.3 Å². The fraction of sp³-hybridized carbons (Fsp3) is 0.217. The number of nitrogens with one attached hydrogen (secondary N) is 1. The van der Waals surface area contributed by atoms with Crippen LogP contribution >= 0.6 is 11.3 Å². The highest BCUT2D eigenvalue weighted by molar-refractivity contribution is 7.10. The van der Waals surface area contributed by atoms with Crippen LogP contribution in [0.3, 0.4) is 0 Å². The number of rotatable bonds is 8. The Hall–Kier alpha value is -3.12. The molecule has 0 bridgehead atoms. The van der Waals surface area contributed by atoms with E-state index < -0.39 is 0 Å². The Kier molecular flexibility index (Phi) is 7.03. The smallest absolute Gasteiger partial charge is 0.260 e. The number of amides is 2. The fourth-order valence-electron chi connectivity index (χ4n) is 2.73. The van der Waals surface area contributed by atoms with Crippen molar-refractivity contribution in [3.8, 4) is 5.75 Å². The molecule has 0 aliphatic carbocycles. The van der Waals surface area contributed by atoms with E-state index >= 15 is 0 Å². The van der Waals surface area contributed by atoms with Crippen molar-refractivity contribution < 1.29 is 14.3 Å². The highest BCUT2D eigenvalue weighted by Gasteiger charge is 2.13. The molecule has 5 nitrogen and oxygen atoms in total. The molecule has 0 fully saturated rings. The van der Waals surface area contributed by atoms with Crippen LogP contribution in [0.25, 0.3) is 0 Å². The molecule has 0 aliphatic heterocycles. The van der Waals surface area contributed by atoms with Crippen LogP contribution in [0.15, 0.2) is 66.0 Å². The zero-order valence-electron chi connectivity index (χ0n) is 16.6. The maximum atomic E-state index is 12.4. The van der Waals surface area contributed by atoms with Crippen molar-refractivity contribution in [1.29, 1.82) is 0 Å². The summed E-state index contributed by atoms with van der Waals surface area (Å²) in [5, 5.41) is 4.91. The molecule has 2 aromatic carbocycles. The van der Waals surface area contributed by atoms with E-state index in [4.69, 9.17) is 4.74 Å². The molecule has 0 aliphatic rings. The number of ether oxygens (including phenoxy) is 1. The molecule has 150 valence electrons. The van der Waals surface area contributed by atoms with Crippen molar-refractivity contribution in [3.63, 3.8) is 0 Å². The number of benzene rings is 2. The first-order valence-electron chi connectivity index (χ1n) is 9.35. The van der Waals surface area contributed by atoms with E-state index in [-0.39, 0.29) is 18.4 Å². The maximum absolute atomic E-state index is 12.4. The molecule has 1 N–H and O–H groups in total. The van der Waals surface area contributed by atoms with E-state index in [1.807, 2.05) is 48.7 Å². The predicted octanol–water partition coefficient (Wildman–Crippen LogP) is 4.02. The molecule has 6 heteroatoms. The number of nitrogens with zero attached hydrogens (tertiary/aromatic N) is 1. The molecule has 1 aromatic heterocycles. The number of hydrogen-bond acceptors (Lipinski definition) is 4. The first kappa shape index (κ1) is 20.6. The van der Waals surface area contributed by atoms with Gasteiger partial charge in [0, 0.05) is 24.0 Å². The van der Waals surface area contributed by atoms with Crippen molar-refractivity contribution in [2.75, 3.05) is 13.7 Å². The van der Waals surface area contributed by atoms with Gasteiger partial charge in [-0.1, -0.05) is 36.4 Å². The van der Waals surface area contributed by atoms with Crippen LogP contribution in [0.4, 0.5) is 0 Å². The Morgan fingerprint density at radius 3 is 2.59 bits per heavy atom. The molecule has 0 saturated carbocycles. The van der Waals surface area contributed by atoms with Crippen LogP contribution in [-0.2, 0) is 17.9 Å². The van der Waals surface area contributed by atoms with Gasteiger partial charge in [-0.2, -0.15) is 0 Å². The van der Waals surface area contributed by atoms with E-state index in [9.17, 15) is 9.59 Å². The van der Waals surface area contributed by atoms with Gasteiger partial charge in [0.25, 0.3) is 11.8 Å². The van der Waals surface area contributed by atoms with Gasteiger partial charge in [0.1, 0.15) is 5.75 Å². The van der Waals surface area contributed by atoms with E-state index in [2.05, 4.69) is 5.32 Å². The third kappa shape index (κ3) is 5.93. The highest BCUT2D eigenvalue weighted by Crippen LogP contribution is 2.18. The number of carbonyl (C=O) groups excluding carboxylic acids is 2. The van der Waals surface area contributed by atoms with Crippen LogP contribution in [-0.4, -0.2) is 30.4 Å². The number of likely N-dealkylation sites (N-methyl/N-ethyl adjacent to an activating group) is 1. The lowest BCUT2D eigenvalue weighted by Crippen LogP contribution is -2.30. The Bertz CT molecular complexity index is 969. The van der Waals surface area contributed by atoms with Gasteiger partial charge in [-0.25, -0.2) is 0 Å². The van der Waals surface area contributed by atoms with Gasteiger partial charge in [-0.05, 0) is 47.7 Å². The summed E-state index contributed by atoms with van der Waals surface area (Å²) in [6.07, 6.45) is 0. The van der Waals surface area contributed by atoms with Crippen LogP contribution in [0.1, 0.15) is 26.4 Å². The minimum atomic E-state index is -0.184. The van der Waals surface area contributed by atoms with E-state index in [0.717, 1.165) is 10.4 Å². The largest absolute Gasteiger partial charge is 0.484 e. The quantitative estimate of drug-likeness (QED) is 0.612. The number of hydrogen-bond donors (Lipinski definition) is 1. The second-order valence-corrected chi connectivity index (χ2v) is 7.76. The van der Waals surface area contributed by atoms with Crippen molar-refractivity contribution in [3.05, 3.63) is 87.6 Å². The van der Waals surface area contributed by atoms with Gasteiger partial charge < -0.3 is 15.0 Å². The average molecular weight is 409 g/mol. The number of thiophene rings is 1. The summed E-state index contributed by atoms with van der Waals surface area (Å²) in [6, 6.07) is 18.6. The Balaban J connectivity index is 1.51. The summed E-state index contributed by atoms with van der Waals surface area (Å²) in [7, 11) is 1.76. The molecule has 3 rings (SSSR count). The summed E-state index contributed by atoms with van der Waals surface area (Å²) in [6.45, 7) is 2.98. The van der Waals surface area contributed by atoms with Gasteiger partial charge in [0.2, 0.25) is 0 Å². The second kappa shape index (κ2) is 9.89. The Labute approximate surface area is 174 Å². The van der Waals surface area contributed by atoms with Crippen LogP contribution in [0, 0.1) is 6.92 Å². The van der Waals surface area contributed by atoms with Gasteiger partial charge in [-0.3, -0.25) is 9.59 Å². The maximum Gasteiger partial charge on any atom is 0.260 e. The summed E-state index contributed by atoms with van der Waals surface area (Å²) in [5.41, 5.74) is 2.71. The minimum Gasteiger partial charge on any atom is -0.484 e. The number of carbonyl (C=O) groups is 2. The normalized spacial score (nSPS) is 10.4. The van der Waals surface area contributed by atoms with Gasteiger partial charge in [0.05, 0.1) is 6.54 Å². The second-order valence-electron chi connectivity index (χ2n) is 6.76. The van der Waals surface area contributed by atoms with Crippen molar-refractivity contribution in [2.24, 2.45) is 0 Å². The standard InChI is InChI=1S/C23H24N2O3S/c1-17-11-12-29-21(17)15-25(2)22(26)16-28-20-10-6-9-19(13-20)23(27)24-14-18-7-4-3-5-8-18/h3-13H,14-16H2,1-2H3,(H,24,27). The lowest BCUT2D eigenvalue weighted by Gasteiger charge is -2.17. The highest BCUT2D eigenvalue weighted by atomic mass is 32.1. The molecule has 0 radical (unpaired) electrons. The fourth-order valence-corrected chi connectivity index (χ4v) is 3.69.